The summed E-state index contributed by atoms with van der Waals surface area (Å²) >= 11 is 0. The number of H-pyrrole nitrogens is 1. The first-order valence-corrected chi connectivity index (χ1v) is 5.98. The monoisotopic (exact) mass is 260 g/mol. The highest BCUT2D eigenvalue weighted by molar-refractivity contribution is 5.91. The van der Waals surface area contributed by atoms with Crippen LogP contribution in [0.2, 0.25) is 0 Å². The van der Waals surface area contributed by atoms with Gasteiger partial charge in [0.15, 0.2) is 0 Å². The lowest BCUT2D eigenvalue weighted by atomic mass is 10.2. The summed E-state index contributed by atoms with van der Waals surface area (Å²) in [6.45, 7) is 1.78. The van der Waals surface area contributed by atoms with E-state index in [1.807, 2.05) is 0 Å². The van der Waals surface area contributed by atoms with Gasteiger partial charge in [0.2, 0.25) is 5.91 Å². The Kier molecular flexibility index (Phi) is 3.82. The second-order valence-corrected chi connectivity index (χ2v) is 4.41. The van der Waals surface area contributed by atoms with E-state index in [2.05, 4.69) is 10.3 Å². The Morgan fingerprint density at radius 3 is 2.63 bits per heavy atom. The number of amides is 1. The van der Waals surface area contributed by atoms with Crippen molar-refractivity contribution in [2.45, 2.75) is 19.4 Å². The number of anilines is 1. The molecule has 1 heterocycles. The number of carbonyl (C=O) groups is 1. The van der Waals surface area contributed by atoms with Gasteiger partial charge in [-0.25, -0.2) is 4.79 Å². The van der Waals surface area contributed by atoms with Gasteiger partial charge < -0.3 is 16.0 Å². The highest BCUT2D eigenvalue weighted by Crippen LogP contribution is 2.12. The Morgan fingerprint density at radius 1 is 1.42 bits per heavy atom. The van der Waals surface area contributed by atoms with E-state index in [-0.39, 0.29) is 24.1 Å². The van der Waals surface area contributed by atoms with E-state index in [1.54, 1.807) is 43.6 Å². The van der Waals surface area contributed by atoms with Crippen LogP contribution >= 0.6 is 0 Å². The van der Waals surface area contributed by atoms with Gasteiger partial charge in [-0.1, -0.05) is 0 Å². The number of aromatic nitrogens is 2. The summed E-state index contributed by atoms with van der Waals surface area (Å²) in [6, 6.07) is 6.84. The lowest BCUT2D eigenvalue weighted by molar-refractivity contribution is -0.116. The van der Waals surface area contributed by atoms with Crippen molar-refractivity contribution >= 4 is 11.6 Å². The molecule has 0 aliphatic heterocycles. The number of nitrogens with two attached hydrogens (primary N) is 1. The lowest BCUT2D eigenvalue weighted by Gasteiger charge is -2.08. The summed E-state index contributed by atoms with van der Waals surface area (Å²) < 4.78 is 1.48. The molecule has 0 aliphatic rings. The molecule has 0 saturated carbocycles. The second kappa shape index (κ2) is 5.53. The van der Waals surface area contributed by atoms with Crippen LogP contribution < -0.4 is 16.7 Å². The highest BCUT2D eigenvalue weighted by Gasteiger charge is 2.06. The molecule has 1 atom stereocenters. The van der Waals surface area contributed by atoms with Crippen molar-refractivity contribution < 1.29 is 4.79 Å². The van der Waals surface area contributed by atoms with Gasteiger partial charge in [-0.15, -0.1) is 0 Å². The molecule has 6 nitrogen and oxygen atoms in total. The fourth-order valence-electron chi connectivity index (χ4n) is 1.73. The van der Waals surface area contributed by atoms with Crippen LogP contribution in [0, 0.1) is 0 Å². The summed E-state index contributed by atoms with van der Waals surface area (Å²) in [5, 5.41) is 2.75. The van der Waals surface area contributed by atoms with E-state index < -0.39 is 0 Å². The quantitative estimate of drug-likeness (QED) is 0.760. The Hall–Kier alpha value is -2.34. The molecule has 0 fully saturated rings. The molecule has 0 saturated heterocycles. The molecular weight excluding hydrogens is 244 g/mol. The first-order valence-electron chi connectivity index (χ1n) is 5.98. The Labute approximate surface area is 110 Å². The molecule has 1 amide bonds. The standard InChI is InChI=1S/C13H16N4O2/c1-9(14)8-12(18)16-10-2-4-11(5-3-10)17-7-6-15-13(17)19/h2-7,9H,8,14H2,1H3,(H,15,19)(H,16,18). The summed E-state index contributed by atoms with van der Waals surface area (Å²) in [4.78, 5) is 25.5. The van der Waals surface area contributed by atoms with Gasteiger partial charge >= 0.3 is 5.69 Å². The number of hydrogen-bond acceptors (Lipinski definition) is 3. The molecule has 0 bridgehead atoms. The normalized spacial score (nSPS) is 12.1. The van der Waals surface area contributed by atoms with Crippen LogP contribution in [0.3, 0.4) is 0 Å². The largest absolute Gasteiger partial charge is 0.330 e. The first-order chi connectivity index (χ1) is 9.06. The third-order valence-corrected chi connectivity index (χ3v) is 2.59. The molecule has 6 heteroatoms. The number of aromatic amines is 1. The van der Waals surface area contributed by atoms with Crippen molar-refractivity contribution in [2.75, 3.05) is 5.32 Å². The molecule has 1 aromatic carbocycles. The molecule has 0 radical (unpaired) electrons. The van der Waals surface area contributed by atoms with Crippen molar-refractivity contribution in [1.82, 2.24) is 9.55 Å². The van der Waals surface area contributed by atoms with Crippen LogP contribution in [0.1, 0.15) is 13.3 Å². The average Bonchev–Trinajstić information content (AvgIpc) is 2.75. The molecule has 19 heavy (non-hydrogen) atoms. The second-order valence-electron chi connectivity index (χ2n) is 4.41. The van der Waals surface area contributed by atoms with Crippen molar-refractivity contribution in [3.63, 3.8) is 0 Å². The third kappa shape index (κ3) is 3.32. The van der Waals surface area contributed by atoms with Crippen molar-refractivity contribution in [2.24, 2.45) is 5.73 Å². The number of nitrogens with zero attached hydrogens (tertiary/aromatic N) is 1. The molecule has 0 spiro atoms. The predicted octanol–water partition coefficient (Wildman–Crippen LogP) is 0.841. The van der Waals surface area contributed by atoms with Crippen LogP contribution in [-0.2, 0) is 4.79 Å². The zero-order valence-corrected chi connectivity index (χ0v) is 10.6. The SMILES string of the molecule is CC(N)CC(=O)Nc1ccc(-n2cc[nH]c2=O)cc1. The Morgan fingerprint density at radius 2 is 2.11 bits per heavy atom. The lowest BCUT2D eigenvalue weighted by Crippen LogP contribution is -2.24. The van der Waals surface area contributed by atoms with Crippen LogP contribution in [0.5, 0.6) is 0 Å². The topological polar surface area (TPSA) is 92.9 Å². The molecule has 2 rings (SSSR count). The van der Waals surface area contributed by atoms with Gasteiger partial charge in [-0.3, -0.25) is 9.36 Å². The van der Waals surface area contributed by atoms with E-state index in [0.29, 0.717) is 5.69 Å². The van der Waals surface area contributed by atoms with Gasteiger partial charge in [-0.05, 0) is 31.2 Å². The predicted molar refractivity (Wildman–Crippen MR) is 73.3 cm³/mol. The Balaban J connectivity index is 2.09. The van der Waals surface area contributed by atoms with Crippen LogP contribution in [0.25, 0.3) is 5.69 Å². The van der Waals surface area contributed by atoms with Crippen molar-refractivity contribution in [1.29, 1.82) is 0 Å². The number of carbonyl (C=O) groups excluding carboxylic acids is 1. The van der Waals surface area contributed by atoms with E-state index in [9.17, 15) is 9.59 Å². The van der Waals surface area contributed by atoms with Gasteiger partial charge in [0.1, 0.15) is 0 Å². The Bertz CT molecular complexity index is 610. The van der Waals surface area contributed by atoms with E-state index in [1.165, 1.54) is 4.57 Å². The molecule has 1 unspecified atom stereocenters. The highest BCUT2D eigenvalue weighted by atomic mass is 16.2. The van der Waals surface area contributed by atoms with E-state index in [0.717, 1.165) is 5.69 Å². The minimum absolute atomic E-state index is 0.124. The maximum atomic E-state index is 11.5. The smallest absolute Gasteiger partial charge is 0.327 e. The van der Waals surface area contributed by atoms with Gasteiger partial charge in [0, 0.05) is 30.5 Å². The molecule has 1 aromatic heterocycles. The number of benzene rings is 1. The van der Waals surface area contributed by atoms with Crippen LogP contribution in [0.4, 0.5) is 5.69 Å². The fraction of sp³-hybridized carbons (Fsp3) is 0.231. The zero-order valence-electron chi connectivity index (χ0n) is 10.6. The first kappa shape index (κ1) is 13.1. The fourth-order valence-corrected chi connectivity index (χ4v) is 1.73. The minimum atomic E-state index is -0.200. The third-order valence-electron chi connectivity index (χ3n) is 2.59. The van der Waals surface area contributed by atoms with E-state index >= 15 is 0 Å². The molecule has 2 aromatic rings. The van der Waals surface area contributed by atoms with Gasteiger partial charge in [0.05, 0.1) is 5.69 Å². The summed E-state index contributed by atoms with van der Waals surface area (Å²) in [7, 11) is 0. The van der Waals surface area contributed by atoms with Gasteiger partial charge in [-0.2, -0.15) is 0 Å². The minimum Gasteiger partial charge on any atom is -0.327 e. The summed E-state index contributed by atoms with van der Waals surface area (Å²) in [5.74, 6) is -0.124. The maximum Gasteiger partial charge on any atom is 0.330 e. The summed E-state index contributed by atoms with van der Waals surface area (Å²) in [5.41, 5.74) is 6.76. The number of hydrogen-bond donors (Lipinski definition) is 3. The number of imidazole rings is 1. The number of rotatable bonds is 4. The summed E-state index contributed by atoms with van der Waals surface area (Å²) in [6.07, 6.45) is 3.49. The van der Waals surface area contributed by atoms with Crippen molar-refractivity contribution in [3.8, 4) is 5.69 Å². The molecule has 4 N–H and O–H groups in total. The molecule has 100 valence electrons. The molecule has 0 aliphatic carbocycles. The number of nitrogens with one attached hydrogen (secondary N) is 2. The van der Waals surface area contributed by atoms with Crippen molar-refractivity contribution in [3.05, 3.63) is 47.1 Å². The maximum absolute atomic E-state index is 11.5. The van der Waals surface area contributed by atoms with Gasteiger partial charge in [0.25, 0.3) is 0 Å². The average molecular weight is 260 g/mol. The van der Waals surface area contributed by atoms with E-state index in [4.69, 9.17) is 5.73 Å². The van der Waals surface area contributed by atoms with Crippen LogP contribution in [-0.4, -0.2) is 21.5 Å². The zero-order chi connectivity index (χ0) is 13.8. The molecular formula is C13H16N4O2. The van der Waals surface area contributed by atoms with Crippen LogP contribution in [0.15, 0.2) is 41.5 Å².